The van der Waals surface area contributed by atoms with Crippen molar-refractivity contribution in [1.29, 1.82) is 5.26 Å². The predicted molar refractivity (Wildman–Crippen MR) is 70.1 cm³/mol. The quantitative estimate of drug-likeness (QED) is 0.822. The topological polar surface area (TPSA) is 36.7 Å². The number of nitrogens with zero attached hydrogens (tertiary/aromatic N) is 2. The lowest BCUT2D eigenvalue weighted by molar-refractivity contribution is 0.880. The molecule has 0 aliphatic carbocycles. The first-order chi connectivity index (χ1) is 8.33. The predicted octanol–water partition coefficient (Wildman–Crippen LogP) is 3.56. The Labute approximate surface area is 106 Å². The fourth-order valence-corrected chi connectivity index (χ4v) is 2.68. The van der Waals surface area contributed by atoms with Crippen molar-refractivity contribution < 1.29 is 0 Å². The molecular formula is C14H14N2S. The summed E-state index contributed by atoms with van der Waals surface area (Å²) >= 11 is 1.52. The van der Waals surface area contributed by atoms with Gasteiger partial charge in [0, 0.05) is 6.42 Å². The van der Waals surface area contributed by atoms with Crippen LogP contribution in [-0.2, 0) is 12.8 Å². The van der Waals surface area contributed by atoms with Gasteiger partial charge in [-0.15, -0.1) is 11.3 Å². The van der Waals surface area contributed by atoms with Gasteiger partial charge in [-0.3, -0.25) is 0 Å². The lowest BCUT2D eigenvalue weighted by atomic mass is 10.2. The molecule has 0 saturated heterocycles. The number of aromatic nitrogens is 1. The molecule has 2 aromatic rings. The van der Waals surface area contributed by atoms with E-state index in [-0.39, 0.29) is 0 Å². The third kappa shape index (κ3) is 2.92. The van der Waals surface area contributed by atoms with E-state index in [1.807, 2.05) is 18.2 Å². The number of nitriles is 1. The number of hydrogen-bond donors (Lipinski definition) is 0. The van der Waals surface area contributed by atoms with Crippen molar-refractivity contribution in [2.75, 3.05) is 0 Å². The van der Waals surface area contributed by atoms with Gasteiger partial charge >= 0.3 is 0 Å². The highest BCUT2D eigenvalue weighted by Gasteiger charge is 2.10. The van der Waals surface area contributed by atoms with E-state index in [1.54, 1.807) is 0 Å². The molecule has 17 heavy (non-hydrogen) atoms. The van der Waals surface area contributed by atoms with Gasteiger partial charge in [0.05, 0.1) is 10.7 Å². The third-order valence-electron chi connectivity index (χ3n) is 2.53. The minimum atomic E-state index is 0.776. The van der Waals surface area contributed by atoms with E-state index in [0.717, 1.165) is 34.8 Å². The summed E-state index contributed by atoms with van der Waals surface area (Å²) in [6, 6.07) is 12.5. The van der Waals surface area contributed by atoms with Crippen molar-refractivity contribution in [2.24, 2.45) is 0 Å². The molecule has 0 bridgehead atoms. The molecule has 86 valence electrons. The van der Waals surface area contributed by atoms with Gasteiger partial charge in [0.15, 0.2) is 0 Å². The molecule has 1 aromatic carbocycles. The van der Waals surface area contributed by atoms with Gasteiger partial charge in [0.25, 0.3) is 0 Å². The van der Waals surface area contributed by atoms with Gasteiger partial charge < -0.3 is 0 Å². The first-order valence-electron chi connectivity index (χ1n) is 5.76. The summed E-state index contributed by atoms with van der Waals surface area (Å²) in [5, 5.41) is 10.1. The summed E-state index contributed by atoms with van der Waals surface area (Å²) in [4.78, 5) is 5.34. The maximum Gasteiger partial charge on any atom is 0.128 e. The summed E-state index contributed by atoms with van der Waals surface area (Å²) in [6.45, 7) is 2.11. The molecule has 0 radical (unpaired) electrons. The van der Waals surface area contributed by atoms with Crippen LogP contribution in [0.1, 0.15) is 34.5 Å². The first kappa shape index (κ1) is 11.8. The van der Waals surface area contributed by atoms with Crippen molar-refractivity contribution in [3.05, 3.63) is 51.5 Å². The SMILES string of the molecule is CCCc1nc(Cc2ccccc2)sc1C#N. The van der Waals surface area contributed by atoms with Gasteiger partial charge in [0.1, 0.15) is 10.9 Å². The minimum absolute atomic E-state index is 0.776. The van der Waals surface area contributed by atoms with Gasteiger partial charge in [-0.2, -0.15) is 5.26 Å². The van der Waals surface area contributed by atoms with Crippen LogP contribution in [0.2, 0.25) is 0 Å². The normalized spacial score (nSPS) is 10.1. The molecule has 0 unspecified atom stereocenters. The van der Waals surface area contributed by atoms with Crippen molar-refractivity contribution in [3.63, 3.8) is 0 Å². The largest absolute Gasteiger partial charge is 0.244 e. The lowest BCUT2D eigenvalue weighted by Gasteiger charge is -1.96. The third-order valence-corrected chi connectivity index (χ3v) is 3.53. The van der Waals surface area contributed by atoms with Crippen LogP contribution in [0.5, 0.6) is 0 Å². The Kier molecular flexibility index (Phi) is 3.89. The molecule has 1 heterocycles. The fraction of sp³-hybridized carbons (Fsp3) is 0.286. The summed E-state index contributed by atoms with van der Waals surface area (Å²) < 4.78 is 0. The Morgan fingerprint density at radius 1 is 1.29 bits per heavy atom. The average Bonchev–Trinajstić information content (AvgIpc) is 2.73. The zero-order chi connectivity index (χ0) is 12.1. The van der Waals surface area contributed by atoms with Crippen molar-refractivity contribution in [2.45, 2.75) is 26.2 Å². The summed E-state index contributed by atoms with van der Waals surface area (Å²) in [5.74, 6) is 0. The Morgan fingerprint density at radius 3 is 2.71 bits per heavy atom. The monoisotopic (exact) mass is 242 g/mol. The fourth-order valence-electron chi connectivity index (χ4n) is 1.74. The van der Waals surface area contributed by atoms with E-state index in [4.69, 9.17) is 5.26 Å². The number of rotatable bonds is 4. The van der Waals surface area contributed by atoms with Gasteiger partial charge in [-0.05, 0) is 12.0 Å². The second kappa shape index (κ2) is 5.60. The van der Waals surface area contributed by atoms with Gasteiger partial charge in [-0.1, -0.05) is 43.7 Å². The maximum absolute atomic E-state index is 9.04. The molecule has 0 spiro atoms. The van der Waals surface area contributed by atoms with Crippen LogP contribution in [0, 0.1) is 11.3 Å². The standard InChI is InChI=1S/C14H14N2S/c1-2-6-12-13(10-15)17-14(16-12)9-11-7-4-3-5-8-11/h3-5,7-8H,2,6,9H2,1H3. The van der Waals surface area contributed by atoms with E-state index in [2.05, 4.69) is 30.1 Å². The molecule has 0 amide bonds. The molecule has 0 fully saturated rings. The first-order valence-corrected chi connectivity index (χ1v) is 6.57. The zero-order valence-electron chi connectivity index (χ0n) is 9.81. The Hall–Kier alpha value is -1.66. The molecule has 0 N–H and O–H groups in total. The molecule has 0 saturated carbocycles. The van der Waals surface area contributed by atoms with Crippen LogP contribution < -0.4 is 0 Å². The van der Waals surface area contributed by atoms with E-state index < -0.39 is 0 Å². The molecule has 0 atom stereocenters. The lowest BCUT2D eigenvalue weighted by Crippen LogP contribution is -1.89. The number of thiazole rings is 1. The van der Waals surface area contributed by atoms with Crippen LogP contribution in [0.4, 0.5) is 0 Å². The van der Waals surface area contributed by atoms with Crippen LogP contribution in [-0.4, -0.2) is 4.98 Å². The number of benzene rings is 1. The van der Waals surface area contributed by atoms with Gasteiger partial charge in [0.2, 0.25) is 0 Å². The van der Waals surface area contributed by atoms with Crippen molar-refractivity contribution >= 4 is 11.3 Å². The molecule has 2 nitrogen and oxygen atoms in total. The Morgan fingerprint density at radius 2 is 2.06 bits per heavy atom. The molecule has 2 rings (SSSR count). The molecule has 3 heteroatoms. The molecular weight excluding hydrogens is 228 g/mol. The number of aryl methyl sites for hydroxylation is 1. The summed E-state index contributed by atoms with van der Waals surface area (Å²) in [6.07, 6.45) is 2.75. The molecule has 0 aliphatic rings. The Balaban J connectivity index is 2.20. The zero-order valence-corrected chi connectivity index (χ0v) is 10.6. The van der Waals surface area contributed by atoms with Crippen LogP contribution >= 0.6 is 11.3 Å². The highest BCUT2D eigenvalue weighted by atomic mass is 32.1. The second-order valence-electron chi connectivity index (χ2n) is 3.91. The Bertz CT molecular complexity index is 523. The average molecular weight is 242 g/mol. The maximum atomic E-state index is 9.04. The second-order valence-corrected chi connectivity index (χ2v) is 4.99. The summed E-state index contributed by atoms with van der Waals surface area (Å²) in [7, 11) is 0. The number of hydrogen-bond acceptors (Lipinski definition) is 3. The van der Waals surface area contributed by atoms with E-state index in [0.29, 0.717) is 0 Å². The summed E-state index contributed by atoms with van der Waals surface area (Å²) in [5.41, 5.74) is 2.21. The highest BCUT2D eigenvalue weighted by molar-refractivity contribution is 7.12. The van der Waals surface area contributed by atoms with E-state index >= 15 is 0 Å². The minimum Gasteiger partial charge on any atom is -0.244 e. The van der Waals surface area contributed by atoms with Crippen LogP contribution in [0.15, 0.2) is 30.3 Å². The van der Waals surface area contributed by atoms with Crippen molar-refractivity contribution in [3.8, 4) is 6.07 Å². The van der Waals surface area contributed by atoms with Crippen LogP contribution in [0.25, 0.3) is 0 Å². The van der Waals surface area contributed by atoms with Crippen molar-refractivity contribution in [1.82, 2.24) is 4.98 Å². The molecule has 0 aliphatic heterocycles. The molecule has 1 aromatic heterocycles. The van der Waals surface area contributed by atoms with E-state index in [1.165, 1.54) is 16.9 Å². The van der Waals surface area contributed by atoms with E-state index in [9.17, 15) is 0 Å². The van der Waals surface area contributed by atoms with Crippen LogP contribution in [0.3, 0.4) is 0 Å². The highest BCUT2D eigenvalue weighted by Crippen LogP contribution is 2.21. The smallest absolute Gasteiger partial charge is 0.128 e. The van der Waals surface area contributed by atoms with Gasteiger partial charge in [-0.25, -0.2) is 4.98 Å².